The van der Waals surface area contributed by atoms with Crippen LogP contribution in [-0.4, -0.2) is 64.7 Å². The first-order chi connectivity index (χ1) is 14.8. The Labute approximate surface area is 183 Å². The molecule has 2 heterocycles. The first-order valence-electron chi connectivity index (χ1n) is 10.6. The molecule has 31 heavy (non-hydrogen) atoms. The maximum atomic E-state index is 13.2. The second-order valence-electron chi connectivity index (χ2n) is 8.25. The number of amides is 2. The monoisotopic (exact) mass is 428 g/mol. The van der Waals surface area contributed by atoms with Crippen LogP contribution in [0.4, 0.5) is 0 Å². The van der Waals surface area contributed by atoms with Gasteiger partial charge >= 0.3 is 0 Å². The van der Waals surface area contributed by atoms with Crippen molar-refractivity contribution in [1.29, 1.82) is 0 Å². The summed E-state index contributed by atoms with van der Waals surface area (Å²) >= 11 is 0. The first-order valence-corrected chi connectivity index (χ1v) is 10.6. The van der Waals surface area contributed by atoms with Crippen molar-refractivity contribution in [2.75, 3.05) is 27.3 Å². The molecule has 1 saturated heterocycles. The molecule has 1 fully saturated rings. The number of benzene rings is 1. The standard InChI is InChI=1S/C23H32N4O4/c1-16(2)27(15-17-13-24-25(3)14-17)23(29)18-6-8-26(9-7-18)22(28)19-10-20(30-4)12-21(11-19)31-5/h10-14,16,18H,6-9,15H2,1-5H3. The van der Waals surface area contributed by atoms with Gasteiger partial charge in [-0.05, 0) is 38.8 Å². The molecule has 8 nitrogen and oxygen atoms in total. The lowest BCUT2D eigenvalue weighted by molar-refractivity contribution is -0.139. The molecule has 2 aromatic rings. The molecule has 1 aromatic heterocycles. The minimum absolute atomic E-state index is 0.0702. The summed E-state index contributed by atoms with van der Waals surface area (Å²) in [4.78, 5) is 29.9. The molecule has 0 bridgehead atoms. The van der Waals surface area contributed by atoms with Gasteiger partial charge < -0.3 is 19.3 Å². The number of hydrogen-bond acceptors (Lipinski definition) is 5. The second kappa shape index (κ2) is 9.85. The van der Waals surface area contributed by atoms with Crippen molar-refractivity contribution in [1.82, 2.24) is 19.6 Å². The Bertz CT molecular complexity index is 894. The predicted octanol–water partition coefficient (Wildman–Crippen LogP) is 2.73. The summed E-state index contributed by atoms with van der Waals surface area (Å²) in [6.07, 6.45) is 5.04. The van der Waals surface area contributed by atoms with Gasteiger partial charge in [0, 0.05) is 62.0 Å². The molecule has 0 unspecified atom stereocenters. The van der Waals surface area contributed by atoms with Gasteiger partial charge in [0.15, 0.2) is 0 Å². The molecule has 1 aromatic carbocycles. The van der Waals surface area contributed by atoms with E-state index in [9.17, 15) is 9.59 Å². The molecule has 3 rings (SSSR count). The third kappa shape index (κ3) is 5.37. The molecular formula is C23H32N4O4. The van der Waals surface area contributed by atoms with Crippen LogP contribution in [0.3, 0.4) is 0 Å². The highest BCUT2D eigenvalue weighted by Crippen LogP contribution is 2.26. The fourth-order valence-electron chi connectivity index (χ4n) is 3.94. The molecule has 2 amide bonds. The Morgan fingerprint density at radius 3 is 2.23 bits per heavy atom. The Balaban J connectivity index is 1.64. The Hall–Kier alpha value is -3.03. The number of aryl methyl sites for hydroxylation is 1. The number of aromatic nitrogens is 2. The maximum absolute atomic E-state index is 13.2. The fraction of sp³-hybridized carbons (Fsp3) is 0.522. The lowest BCUT2D eigenvalue weighted by Crippen LogP contribution is -2.46. The van der Waals surface area contributed by atoms with Crippen molar-refractivity contribution < 1.29 is 19.1 Å². The zero-order valence-electron chi connectivity index (χ0n) is 19.0. The molecule has 0 saturated carbocycles. The highest BCUT2D eigenvalue weighted by atomic mass is 16.5. The second-order valence-corrected chi connectivity index (χ2v) is 8.25. The third-order valence-corrected chi connectivity index (χ3v) is 5.75. The summed E-state index contributed by atoms with van der Waals surface area (Å²) < 4.78 is 12.3. The summed E-state index contributed by atoms with van der Waals surface area (Å²) in [6, 6.07) is 5.27. The average Bonchev–Trinajstić information content (AvgIpc) is 3.20. The third-order valence-electron chi connectivity index (χ3n) is 5.75. The lowest BCUT2D eigenvalue weighted by atomic mass is 9.94. The maximum Gasteiger partial charge on any atom is 0.254 e. The van der Waals surface area contributed by atoms with Crippen LogP contribution in [0.25, 0.3) is 0 Å². The number of likely N-dealkylation sites (tertiary alicyclic amines) is 1. The first kappa shape index (κ1) is 22.7. The van der Waals surface area contributed by atoms with Gasteiger partial charge in [0.2, 0.25) is 5.91 Å². The van der Waals surface area contributed by atoms with Crippen molar-refractivity contribution >= 4 is 11.8 Å². The average molecular weight is 429 g/mol. The molecule has 0 atom stereocenters. The van der Waals surface area contributed by atoms with Gasteiger partial charge in [0.05, 0.1) is 20.4 Å². The van der Waals surface area contributed by atoms with E-state index < -0.39 is 0 Å². The molecule has 0 N–H and O–H groups in total. The number of piperidine rings is 1. The zero-order valence-corrected chi connectivity index (χ0v) is 19.0. The Kier molecular flexibility index (Phi) is 7.20. The van der Waals surface area contributed by atoms with Crippen molar-refractivity contribution in [3.05, 3.63) is 41.7 Å². The van der Waals surface area contributed by atoms with E-state index >= 15 is 0 Å². The van der Waals surface area contributed by atoms with Crippen molar-refractivity contribution in [3.63, 3.8) is 0 Å². The molecule has 8 heteroatoms. The lowest BCUT2D eigenvalue weighted by Gasteiger charge is -2.35. The number of carbonyl (C=O) groups is 2. The molecule has 0 aliphatic carbocycles. The van der Waals surface area contributed by atoms with Crippen LogP contribution < -0.4 is 9.47 Å². The van der Waals surface area contributed by atoms with Crippen LogP contribution in [-0.2, 0) is 18.4 Å². The predicted molar refractivity (Wildman–Crippen MR) is 117 cm³/mol. The summed E-state index contributed by atoms with van der Waals surface area (Å²) in [7, 11) is 4.99. The molecular weight excluding hydrogens is 396 g/mol. The summed E-state index contributed by atoms with van der Waals surface area (Å²) in [6.45, 7) is 5.71. The summed E-state index contributed by atoms with van der Waals surface area (Å²) in [5, 5.41) is 4.20. The van der Waals surface area contributed by atoms with Crippen LogP contribution in [0, 0.1) is 5.92 Å². The smallest absolute Gasteiger partial charge is 0.254 e. The van der Waals surface area contributed by atoms with Gasteiger partial charge in [-0.15, -0.1) is 0 Å². The van der Waals surface area contributed by atoms with Crippen molar-refractivity contribution in [2.45, 2.75) is 39.3 Å². The van der Waals surface area contributed by atoms with E-state index in [1.54, 1.807) is 48.2 Å². The van der Waals surface area contributed by atoms with Crippen molar-refractivity contribution in [3.8, 4) is 11.5 Å². The minimum atomic E-state index is -0.0806. The number of hydrogen-bond donors (Lipinski definition) is 0. The van der Waals surface area contributed by atoms with E-state index in [1.165, 1.54) is 0 Å². The largest absolute Gasteiger partial charge is 0.497 e. The molecule has 168 valence electrons. The van der Waals surface area contributed by atoms with Crippen molar-refractivity contribution in [2.24, 2.45) is 13.0 Å². The van der Waals surface area contributed by atoms with E-state index in [2.05, 4.69) is 5.10 Å². The van der Waals surface area contributed by atoms with Gasteiger partial charge in [-0.2, -0.15) is 5.10 Å². The number of ether oxygens (including phenoxy) is 2. The number of rotatable bonds is 7. The number of carbonyl (C=O) groups excluding carboxylic acids is 2. The van der Waals surface area contributed by atoms with Crippen LogP contribution in [0.2, 0.25) is 0 Å². The zero-order chi connectivity index (χ0) is 22.5. The van der Waals surface area contributed by atoms with E-state index in [0.717, 1.165) is 5.56 Å². The van der Waals surface area contributed by atoms with E-state index in [-0.39, 0.29) is 23.8 Å². The van der Waals surface area contributed by atoms with E-state index in [0.29, 0.717) is 49.5 Å². The topological polar surface area (TPSA) is 76.9 Å². The van der Waals surface area contributed by atoms with Gasteiger partial charge in [-0.25, -0.2) is 0 Å². The van der Waals surface area contributed by atoms with Gasteiger partial charge in [-0.3, -0.25) is 14.3 Å². The molecule has 0 spiro atoms. The quantitative estimate of drug-likeness (QED) is 0.678. The van der Waals surface area contributed by atoms with E-state index in [1.807, 2.05) is 32.0 Å². The highest BCUT2D eigenvalue weighted by Gasteiger charge is 2.32. The van der Waals surface area contributed by atoms with Crippen LogP contribution in [0.1, 0.15) is 42.6 Å². The van der Waals surface area contributed by atoms with Crippen LogP contribution in [0.5, 0.6) is 11.5 Å². The Morgan fingerprint density at radius 2 is 1.74 bits per heavy atom. The van der Waals surface area contributed by atoms with Gasteiger partial charge in [0.1, 0.15) is 11.5 Å². The fourth-order valence-corrected chi connectivity index (χ4v) is 3.94. The van der Waals surface area contributed by atoms with Gasteiger partial charge in [-0.1, -0.05) is 0 Å². The molecule has 1 aliphatic heterocycles. The SMILES string of the molecule is COc1cc(OC)cc(C(=O)N2CCC(C(=O)N(Cc3cnn(C)c3)C(C)C)CC2)c1. The van der Waals surface area contributed by atoms with Crippen LogP contribution in [0.15, 0.2) is 30.6 Å². The normalized spacial score (nSPS) is 14.6. The molecule has 1 aliphatic rings. The van der Waals surface area contributed by atoms with E-state index in [4.69, 9.17) is 9.47 Å². The molecule has 0 radical (unpaired) electrons. The van der Waals surface area contributed by atoms with Gasteiger partial charge in [0.25, 0.3) is 5.91 Å². The van der Waals surface area contributed by atoms with Crippen LogP contribution >= 0.6 is 0 Å². The number of nitrogens with zero attached hydrogens (tertiary/aromatic N) is 4. The highest BCUT2D eigenvalue weighted by molar-refractivity contribution is 5.95. The summed E-state index contributed by atoms with van der Waals surface area (Å²) in [5.41, 5.74) is 1.55. The number of methoxy groups -OCH3 is 2. The Morgan fingerprint density at radius 1 is 1.13 bits per heavy atom. The minimum Gasteiger partial charge on any atom is -0.497 e. The summed E-state index contributed by atoms with van der Waals surface area (Å²) in [5.74, 6) is 1.16.